The fourth-order valence-corrected chi connectivity index (χ4v) is 1.84. The molecule has 0 atom stereocenters. The third-order valence-electron chi connectivity index (χ3n) is 2.46. The average molecular weight is 313 g/mol. The third kappa shape index (κ3) is 6.99. The Hall–Kier alpha value is -1.75. The zero-order valence-electron chi connectivity index (χ0n) is 12.7. The molecule has 0 aliphatic carbocycles. The van der Waals surface area contributed by atoms with Crippen LogP contribution in [0.5, 0.6) is 5.75 Å². The maximum atomic E-state index is 11.6. The van der Waals surface area contributed by atoms with Crippen molar-refractivity contribution < 1.29 is 14.3 Å². The molecule has 0 spiro atoms. The highest BCUT2D eigenvalue weighted by atomic mass is 35.5. The first-order valence-electron chi connectivity index (χ1n) is 6.64. The lowest BCUT2D eigenvalue weighted by atomic mass is 10.1. The van der Waals surface area contributed by atoms with Gasteiger partial charge < -0.3 is 15.4 Å². The molecule has 0 radical (unpaired) electrons. The molecule has 1 rings (SSSR count). The summed E-state index contributed by atoms with van der Waals surface area (Å²) in [6, 6.07) is 5.15. The summed E-state index contributed by atoms with van der Waals surface area (Å²) in [5, 5.41) is 5.87. The minimum atomic E-state index is -0.353. The van der Waals surface area contributed by atoms with Crippen molar-refractivity contribution in [3.8, 4) is 5.75 Å². The topological polar surface area (TPSA) is 67.4 Å². The molecule has 5 nitrogen and oxygen atoms in total. The number of ether oxygens (including phenoxy) is 1. The van der Waals surface area contributed by atoms with E-state index < -0.39 is 0 Å². The standard InChI is InChI=1S/C15H21ClN2O3/c1-10-7-11(16)5-6-12(10)21-9-14(20)17-8-13(19)18-15(2,3)4/h5-7H,8-9H2,1-4H3,(H,17,20)(H,18,19). The number of aryl methyl sites for hydroxylation is 1. The van der Waals surface area contributed by atoms with Crippen LogP contribution < -0.4 is 15.4 Å². The zero-order valence-corrected chi connectivity index (χ0v) is 13.5. The molecule has 0 heterocycles. The molecule has 116 valence electrons. The molecule has 0 aliphatic rings. The number of hydrogen-bond donors (Lipinski definition) is 2. The number of rotatable bonds is 5. The van der Waals surface area contributed by atoms with Crippen LogP contribution in [0.25, 0.3) is 0 Å². The van der Waals surface area contributed by atoms with Gasteiger partial charge in [0.2, 0.25) is 5.91 Å². The van der Waals surface area contributed by atoms with E-state index in [2.05, 4.69) is 10.6 Å². The molecule has 2 amide bonds. The lowest BCUT2D eigenvalue weighted by Gasteiger charge is -2.20. The normalized spacial score (nSPS) is 10.9. The molecule has 0 saturated carbocycles. The smallest absolute Gasteiger partial charge is 0.258 e. The molecule has 21 heavy (non-hydrogen) atoms. The molecule has 0 bridgehead atoms. The number of halogens is 1. The summed E-state index contributed by atoms with van der Waals surface area (Å²) in [5.41, 5.74) is 0.527. The Kier molecular flexibility index (Phi) is 6.03. The van der Waals surface area contributed by atoms with Gasteiger partial charge in [-0.15, -0.1) is 0 Å². The van der Waals surface area contributed by atoms with Crippen LogP contribution in [0, 0.1) is 6.92 Å². The van der Waals surface area contributed by atoms with Crippen molar-refractivity contribution in [2.24, 2.45) is 0 Å². The molecule has 0 unspecified atom stereocenters. The molecule has 1 aromatic rings. The monoisotopic (exact) mass is 312 g/mol. The largest absolute Gasteiger partial charge is 0.484 e. The predicted molar refractivity (Wildman–Crippen MR) is 82.6 cm³/mol. The first-order valence-corrected chi connectivity index (χ1v) is 7.02. The minimum Gasteiger partial charge on any atom is -0.484 e. The molecule has 1 aromatic carbocycles. The molecular formula is C15H21ClN2O3. The van der Waals surface area contributed by atoms with Gasteiger partial charge in [-0.3, -0.25) is 9.59 Å². The molecule has 6 heteroatoms. The second kappa shape index (κ2) is 7.31. The van der Waals surface area contributed by atoms with Gasteiger partial charge in [-0.25, -0.2) is 0 Å². The van der Waals surface area contributed by atoms with Gasteiger partial charge in [-0.2, -0.15) is 0 Å². The number of amides is 2. The highest BCUT2D eigenvalue weighted by molar-refractivity contribution is 6.30. The van der Waals surface area contributed by atoms with Crippen molar-refractivity contribution in [1.29, 1.82) is 0 Å². The van der Waals surface area contributed by atoms with Gasteiger partial charge in [0.15, 0.2) is 6.61 Å². The fourth-order valence-electron chi connectivity index (χ4n) is 1.61. The van der Waals surface area contributed by atoms with Crippen molar-refractivity contribution >= 4 is 23.4 Å². The summed E-state index contributed by atoms with van der Waals surface area (Å²) in [5.74, 6) is 0.000579. The number of carbonyl (C=O) groups is 2. The van der Waals surface area contributed by atoms with Crippen LogP contribution >= 0.6 is 11.6 Å². The van der Waals surface area contributed by atoms with Gasteiger partial charge in [-0.05, 0) is 51.5 Å². The van der Waals surface area contributed by atoms with Crippen LogP contribution in [0.3, 0.4) is 0 Å². The Morgan fingerprint density at radius 2 is 1.90 bits per heavy atom. The van der Waals surface area contributed by atoms with E-state index in [1.54, 1.807) is 18.2 Å². The summed E-state index contributed by atoms with van der Waals surface area (Å²) in [4.78, 5) is 23.2. The molecular weight excluding hydrogens is 292 g/mol. The number of carbonyl (C=O) groups excluding carboxylic acids is 2. The summed E-state index contributed by atoms with van der Waals surface area (Å²) >= 11 is 5.84. The Balaban J connectivity index is 2.36. The van der Waals surface area contributed by atoms with Crippen molar-refractivity contribution in [1.82, 2.24) is 10.6 Å². The van der Waals surface area contributed by atoms with Crippen molar-refractivity contribution in [3.63, 3.8) is 0 Å². The van der Waals surface area contributed by atoms with E-state index in [4.69, 9.17) is 16.3 Å². The zero-order chi connectivity index (χ0) is 16.0. The van der Waals surface area contributed by atoms with Crippen molar-refractivity contribution in [2.45, 2.75) is 33.2 Å². The molecule has 0 aliphatic heterocycles. The SMILES string of the molecule is Cc1cc(Cl)ccc1OCC(=O)NCC(=O)NC(C)(C)C. The second-order valence-corrected chi connectivity index (χ2v) is 6.21. The molecule has 0 aromatic heterocycles. The molecule has 0 saturated heterocycles. The summed E-state index contributed by atoms with van der Waals surface area (Å²) < 4.78 is 5.38. The Labute approximate surface area is 130 Å². The molecule has 0 fully saturated rings. The van der Waals surface area contributed by atoms with E-state index >= 15 is 0 Å². The lowest BCUT2D eigenvalue weighted by molar-refractivity contribution is -0.127. The van der Waals surface area contributed by atoms with Gasteiger partial charge >= 0.3 is 0 Å². The number of benzene rings is 1. The first-order chi connectivity index (χ1) is 9.67. The summed E-state index contributed by atoms with van der Waals surface area (Å²) in [6.45, 7) is 7.25. The number of nitrogens with one attached hydrogen (secondary N) is 2. The van der Waals surface area contributed by atoms with Gasteiger partial charge in [0, 0.05) is 10.6 Å². The van der Waals surface area contributed by atoms with Gasteiger partial charge in [0.25, 0.3) is 5.91 Å². The fraction of sp³-hybridized carbons (Fsp3) is 0.467. The van der Waals surface area contributed by atoms with Crippen LogP contribution in [0.2, 0.25) is 5.02 Å². The van der Waals surface area contributed by atoms with Crippen LogP contribution in [-0.2, 0) is 9.59 Å². The number of hydrogen-bond acceptors (Lipinski definition) is 3. The van der Waals surface area contributed by atoms with E-state index in [-0.39, 0.29) is 30.5 Å². The predicted octanol–water partition coefficient (Wildman–Crippen LogP) is 2.06. The van der Waals surface area contributed by atoms with E-state index in [0.717, 1.165) is 5.56 Å². The van der Waals surface area contributed by atoms with E-state index in [0.29, 0.717) is 10.8 Å². The van der Waals surface area contributed by atoms with E-state index in [1.165, 1.54) is 0 Å². The molecule has 2 N–H and O–H groups in total. The van der Waals surface area contributed by atoms with Crippen LogP contribution in [0.1, 0.15) is 26.3 Å². The first kappa shape index (κ1) is 17.3. The van der Waals surface area contributed by atoms with Crippen molar-refractivity contribution in [2.75, 3.05) is 13.2 Å². The Morgan fingerprint density at radius 1 is 1.24 bits per heavy atom. The average Bonchev–Trinajstić information content (AvgIpc) is 2.33. The van der Waals surface area contributed by atoms with Gasteiger partial charge in [0.05, 0.1) is 6.54 Å². The van der Waals surface area contributed by atoms with E-state index in [1.807, 2.05) is 27.7 Å². The van der Waals surface area contributed by atoms with E-state index in [9.17, 15) is 9.59 Å². The summed E-state index contributed by atoms with van der Waals surface area (Å²) in [7, 11) is 0. The highest BCUT2D eigenvalue weighted by Gasteiger charge is 2.14. The quantitative estimate of drug-likeness (QED) is 0.874. The maximum Gasteiger partial charge on any atom is 0.258 e. The summed E-state index contributed by atoms with van der Waals surface area (Å²) in [6.07, 6.45) is 0. The Bertz CT molecular complexity index is 524. The lowest BCUT2D eigenvalue weighted by Crippen LogP contribution is -2.46. The minimum absolute atomic E-state index is 0.0704. The maximum absolute atomic E-state index is 11.6. The van der Waals surface area contributed by atoms with Crippen LogP contribution in [-0.4, -0.2) is 30.5 Å². The highest BCUT2D eigenvalue weighted by Crippen LogP contribution is 2.21. The Morgan fingerprint density at radius 3 is 2.48 bits per heavy atom. The van der Waals surface area contributed by atoms with Crippen LogP contribution in [0.4, 0.5) is 0 Å². The van der Waals surface area contributed by atoms with Crippen LogP contribution in [0.15, 0.2) is 18.2 Å². The van der Waals surface area contributed by atoms with Crippen molar-refractivity contribution in [3.05, 3.63) is 28.8 Å². The van der Waals surface area contributed by atoms with Gasteiger partial charge in [0.1, 0.15) is 5.75 Å². The second-order valence-electron chi connectivity index (χ2n) is 5.77. The van der Waals surface area contributed by atoms with Gasteiger partial charge in [-0.1, -0.05) is 11.6 Å². The third-order valence-corrected chi connectivity index (χ3v) is 2.69.